The van der Waals surface area contributed by atoms with Gasteiger partial charge < -0.3 is 20.3 Å². The molecule has 1 fully saturated rings. The fourth-order valence-electron chi connectivity index (χ4n) is 3.28. The molecule has 0 bridgehead atoms. The summed E-state index contributed by atoms with van der Waals surface area (Å²) in [5, 5.41) is 23.0. The lowest BCUT2D eigenvalue weighted by Gasteiger charge is -2.36. The third kappa shape index (κ3) is 3.99. The molecule has 0 aliphatic carbocycles. The lowest BCUT2D eigenvalue weighted by molar-refractivity contribution is -0.117. The van der Waals surface area contributed by atoms with Crippen molar-refractivity contribution in [1.29, 1.82) is 0 Å². The SMILES string of the molecule is CCCCCNc1cc(C(=O)OC)ccc1N1C(=O)CCC1(CO)CO. The first-order valence-corrected chi connectivity index (χ1v) is 9.04. The Labute approximate surface area is 154 Å². The smallest absolute Gasteiger partial charge is 0.337 e. The summed E-state index contributed by atoms with van der Waals surface area (Å²) in [4.78, 5) is 25.8. The maximum Gasteiger partial charge on any atom is 0.337 e. The Hall–Kier alpha value is -2.12. The van der Waals surface area contributed by atoms with Crippen LogP contribution in [0, 0.1) is 0 Å². The normalized spacial score (nSPS) is 16.0. The van der Waals surface area contributed by atoms with Gasteiger partial charge in [0, 0.05) is 13.0 Å². The Morgan fingerprint density at radius 1 is 1.31 bits per heavy atom. The third-order valence-corrected chi connectivity index (χ3v) is 4.87. The summed E-state index contributed by atoms with van der Waals surface area (Å²) >= 11 is 0. The highest BCUT2D eigenvalue weighted by Gasteiger charge is 2.46. The minimum atomic E-state index is -1.02. The molecule has 144 valence electrons. The van der Waals surface area contributed by atoms with Crippen LogP contribution in [0.25, 0.3) is 0 Å². The van der Waals surface area contributed by atoms with Crippen molar-refractivity contribution in [3.05, 3.63) is 23.8 Å². The molecule has 1 aliphatic heterocycles. The summed E-state index contributed by atoms with van der Waals surface area (Å²) in [5.41, 5.74) is 0.522. The van der Waals surface area contributed by atoms with E-state index < -0.39 is 11.5 Å². The molecule has 0 atom stereocenters. The summed E-state index contributed by atoms with van der Waals surface area (Å²) in [6, 6.07) is 4.90. The molecular formula is C19H28N2O5. The summed E-state index contributed by atoms with van der Waals surface area (Å²) in [7, 11) is 1.32. The number of aliphatic hydroxyl groups is 2. The molecular weight excluding hydrogens is 336 g/mol. The van der Waals surface area contributed by atoms with Gasteiger partial charge in [-0.1, -0.05) is 19.8 Å². The molecule has 1 aromatic rings. The van der Waals surface area contributed by atoms with E-state index in [0.717, 1.165) is 19.3 Å². The number of nitrogens with zero attached hydrogens (tertiary/aromatic N) is 1. The van der Waals surface area contributed by atoms with Gasteiger partial charge >= 0.3 is 5.97 Å². The topological polar surface area (TPSA) is 99.1 Å². The van der Waals surface area contributed by atoms with Crippen LogP contribution in [0.15, 0.2) is 18.2 Å². The monoisotopic (exact) mass is 364 g/mol. The summed E-state index contributed by atoms with van der Waals surface area (Å²) in [6.45, 7) is 2.15. The van der Waals surface area contributed by atoms with E-state index >= 15 is 0 Å². The van der Waals surface area contributed by atoms with Crippen molar-refractivity contribution in [2.45, 2.75) is 44.6 Å². The van der Waals surface area contributed by atoms with Crippen molar-refractivity contribution >= 4 is 23.3 Å². The highest BCUT2D eigenvalue weighted by atomic mass is 16.5. The van der Waals surface area contributed by atoms with E-state index in [4.69, 9.17) is 4.74 Å². The van der Waals surface area contributed by atoms with Crippen molar-refractivity contribution in [3.8, 4) is 0 Å². The number of hydrogen-bond acceptors (Lipinski definition) is 6. The Kier molecular flexibility index (Phi) is 6.99. The number of benzene rings is 1. The molecule has 1 amide bonds. The number of esters is 1. The zero-order valence-corrected chi connectivity index (χ0v) is 15.5. The zero-order valence-electron chi connectivity index (χ0n) is 15.5. The van der Waals surface area contributed by atoms with E-state index in [0.29, 0.717) is 29.9 Å². The molecule has 2 rings (SSSR count). The number of amides is 1. The molecule has 1 aliphatic rings. The van der Waals surface area contributed by atoms with Crippen molar-refractivity contribution in [2.24, 2.45) is 0 Å². The number of aliphatic hydroxyl groups excluding tert-OH is 2. The first-order valence-electron chi connectivity index (χ1n) is 9.04. The van der Waals surface area contributed by atoms with Gasteiger partial charge in [0.25, 0.3) is 0 Å². The predicted molar refractivity (Wildman–Crippen MR) is 99.4 cm³/mol. The van der Waals surface area contributed by atoms with E-state index in [2.05, 4.69) is 12.2 Å². The molecule has 0 unspecified atom stereocenters. The van der Waals surface area contributed by atoms with Crippen molar-refractivity contribution in [1.82, 2.24) is 0 Å². The second kappa shape index (κ2) is 9.00. The van der Waals surface area contributed by atoms with Gasteiger partial charge in [-0.25, -0.2) is 4.79 Å². The average molecular weight is 364 g/mol. The largest absolute Gasteiger partial charge is 0.465 e. The van der Waals surface area contributed by atoms with Crippen LogP contribution in [0.5, 0.6) is 0 Å². The fraction of sp³-hybridized carbons (Fsp3) is 0.579. The molecule has 26 heavy (non-hydrogen) atoms. The standard InChI is InChI=1S/C19H28N2O5/c1-3-4-5-10-20-15-11-14(18(25)26-2)6-7-16(15)21-17(24)8-9-19(21,12-22)13-23/h6-7,11,20,22-23H,3-5,8-10,12-13H2,1-2H3. The Morgan fingerprint density at radius 3 is 2.65 bits per heavy atom. The molecule has 7 heteroatoms. The minimum Gasteiger partial charge on any atom is -0.465 e. The minimum absolute atomic E-state index is 0.157. The summed E-state index contributed by atoms with van der Waals surface area (Å²) < 4.78 is 4.78. The average Bonchev–Trinajstić information content (AvgIpc) is 3.01. The van der Waals surface area contributed by atoms with Gasteiger partial charge in [0.2, 0.25) is 5.91 Å². The van der Waals surface area contributed by atoms with Crippen molar-refractivity contribution in [3.63, 3.8) is 0 Å². The summed E-state index contributed by atoms with van der Waals surface area (Å²) in [6.07, 6.45) is 3.75. The van der Waals surface area contributed by atoms with Gasteiger partial charge in [0.15, 0.2) is 0 Å². The zero-order chi connectivity index (χ0) is 19.2. The third-order valence-electron chi connectivity index (χ3n) is 4.87. The van der Waals surface area contributed by atoms with Crippen LogP contribution in [-0.2, 0) is 9.53 Å². The second-order valence-electron chi connectivity index (χ2n) is 6.63. The molecule has 1 heterocycles. The van der Waals surface area contributed by atoms with Gasteiger partial charge in [-0.3, -0.25) is 9.69 Å². The molecule has 7 nitrogen and oxygen atoms in total. The highest BCUT2D eigenvalue weighted by Crippen LogP contribution is 2.39. The Balaban J connectivity index is 2.41. The Morgan fingerprint density at radius 2 is 2.04 bits per heavy atom. The molecule has 0 saturated carbocycles. The van der Waals surface area contributed by atoms with Gasteiger partial charge in [0.05, 0.1) is 42.8 Å². The van der Waals surface area contributed by atoms with Crippen molar-refractivity contribution in [2.75, 3.05) is 37.1 Å². The van der Waals surface area contributed by atoms with Gasteiger partial charge in [-0.2, -0.15) is 0 Å². The second-order valence-corrected chi connectivity index (χ2v) is 6.63. The number of ether oxygens (including phenoxy) is 1. The fourth-order valence-corrected chi connectivity index (χ4v) is 3.28. The molecule has 0 aromatic heterocycles. The lowest BCUT2D eigenvalue weighted by atomic mass is 9.97. The van der Waals surface area contributed by atoms with Crippen LogP contribution >= 0.6 is 0 Å². The first kappa shape index (κ1) is 20.2. The van der Waals surface area contributed by atoms with Crippen LogP contribution in [0.4, 0.5) is 11.4 Å². The van der Waals surface area contributed by atoms with E-state index in [-0.39, 0.29) is 25.5 Å². The van der Waals surface area contributed by atoms with E-state index in [1.807, 2.05) is 0 Å². The van der Waals surface area contributed by atoms with Crippen LogP contribution in [0.1, 0.15) is 49.4 Å². The van der Waals surface area contributed by atoms with Crippen LogP contribution in [0.3, 0.4) is 0 Å². The predicted octanol–water partition coefficient (Wildman–Crippen LogP) is 1.93. The Bertz CT molecular complexity index is 643. The number of methoxy groups -OCH3 is 1. The van der Waals surface area contributed by atoms with Gasteiger partial charge in [-0.05, 0) is 31.0 Å². The van der Waals surface area contributed by atoms with Crippen LogP contribution < -0.4 is 10.2 Å². The molecule has 3 N–H and O–H groups in total. The lowest BCUT2D eigenvalue weighted by Crippen LogP contribution is -2.52. The molecule has 1 aromatic carbocycles. The quantitative estimate of drug-likeness (QED) is 0.457. The number of unbranched alkanes of at least 4 members (excludes halogenated alkanes) is 2. The number of hydrogen-bond donors (Lipinski definition) is 3. The van der Waals surface area contributed by atoms with Crippen LogP contribution in [-0.4, -0.2) is 54.5 Å². The summed E-state index contributed by atoms with van der Waals surface area (Å²) in [5.74, 6) is -0.619. The highest BCUT2D eigenvalue weighted by molar-refractivity contribution is 6.02. The van der Waals surface area contributed by atoms with E-state index in [1.165, 1.54) is 12.0 Å². The maximum atomic E-state index is 12.5. The molecule has 1 saturated heterocycles. The number of carbonyl (C=O) groups is 2. The number of anilines is 2. The molecule has 0 spiro atoms. The van der Waals surface area contributed by atoms with E-state index in [1.54, 1.807) is 18.2 Å². The van der Waals surface area contributed by atoms with Crippen LogP contribution in [0.2, 0.25) is 0 Å². The number of nitrogens with one attached hydrogen (secondary N) is 1. The van der Waals surface area contributed by atoms with Gasteiger partial charge in [-0.15, -0.1) is 0 Å². The van der Waals surface area contributed by atoms with E-state index in [9.17, 15) is 19.8 Å². The molecule has 0 radical (unpaired) electrons. The number of carbonyl (C=O) groups excluding carboxylic acids is 2. The van der Waals surface area contributed by atoms with Gasteiger partial charge in [0.1, 0.15) is 0 Å². The van der Waals surface area contributed by atoms with Crippen molar-refractivity contribution < 1.29 is 24.5 Å². The first-order chi connectivity index (χ1) is 12.5. The maximum absolute atomic E-state index is 12.5. The number of rotatable bonds is 9.